The topological polar surface area (TPSA) is 66.4 Å². The number of hydrogen-bond donors (Lipinski definition) is 1. The fourth-order valence-corrected chi connectivity index (χ4v) is 2.47. The molecule has 0 aromatic carbocycles. The third kappa shape index (κ3) is 8.84. The van der Waals surface area contributed by atoms with E-state index < -0.39 is 111 Å². The van der Waals surface area contributed by atoms with Gasteiger partial charge < -0.3 is 9.84 Å². The average molecular weight is 854 g/mol. The third-order valence-electron chi connectivity index (χ3n) is 5.34. The van der Waals surface area contributed by atoms with Crippen LogP contribution in [0.3, 0.4) is 0 Å². The van der Waals surface area contributed by atoms with Crippen molar-refractivity contribution in [3.05, 3.63) is 0 Å². The maximum atomic E-state index is 14.5. The quantitative estimate of drug-likeness (QED) is 0.124. The zero-order valence-corrected chi connectivity index (χ0v) is 23.2. The standard InChI is InChI=1S/C18H10F28O6/c1-5(19,10(24,25)26)15(39,40)50-8(22,13(33,34)35)17(43,44)52-9(23,14(36,37)38)18(45,46)51-7(21,12(30,31)32)16(41,42)49-6(20,11(27,28)29)4-48-3-2-47/h47H,2-4H2,1H3. The van der Waals surface area contributed by atoms with Gasteiger partial charge in [0.15, 0.2) is 0 Å². The van der Waals surface area contributed by atoms with Gasteiger partial charge in [0.25, 0.3) is 5.67 Å². The molecule has 5 atom stereocenters. The van der Waals surface area contributed by atoms with Crippen LogP contribution in [0, 0.1) is 0 Å². The summed E-state index contributed by atoms with van der Waals surface area (Å²) in [6, 6.07) is 0. The average Bonchev–Trinajstić information content (AvgIpc) is 2.84. The fraction of sp³-hybridized carbons (Fsp3) is 1.00. The monoisotopic (exact) mass is 854 g/mol. The van der Waals surface area contributed by atoms with Gasteiger partial charge >= 0.3 is 78.7 Å². The number of hydrogen-bond acceptors (Lipinski definition) is 6. The number of aliphatic hydroxyl groups excluding tert-OH is 1. The zero-order valence-electron chi connectivity index (χ0n) is 23.2. The summed E-state index contributed by atoms with van der Waals surface area (Å²) in [6.45, 7) is -8.17. The molecule has 0 aliphatic heterocycles. The summed E-state index contributed by atoms with van der Waals surface area (Å²) in [7, 11) is 0. The van der Waals surface area contributed by atoms with Crippen molar-refractivity contribution in [1.82, 2.24) is 0 Å². The SMILES string of the molecule is CC(F)(C(F)(F)F)C(F)(F)OC(F)(C(F)(F)F)C(F)(F)OC(F)(C(F)(F)F)C(F)(F)OC(F)(C(F)(F)F)C(F)(F)OC(F)(COCCO)C(F)(F)F. The lowest BCUT2D eigenvalue weighted by Gasteiger charge is -2.44. The van der Waals surface area contributed by atoms with Crippen LogP contribution in [-0.2, 0) is 23.7 Å². The molecule has 0 rings (SSSR count). The minimum Gasteiger partial charge on any atom is -0.394 e. The molecule has 0 radical (unpaired) electrons. The largest absolute Gasteiger partial charge is 0.458 e. The van der Waals surface area contributed by atoms with E-state index in [0.717, 1.165) is 9.47 Å². The Morgan fingerprint density at radius 2 is 0.635 bits per heavy atom. The van der Waals surface area contributed by atoms with Crippen molar-refractivity contribution >= 4 is 0 Å². The van der Waals surface area contributed by atoms with E-state index in [-0.39, 0.29) is 0 Å². The van der Waals surface area contributed by atoms with Crippen molar-refractivity contribution in [3.63, 3.8) is 0 Å². The van der Waals surface area contributed by atoms with E-state index in [9.17, 15) is 123 Å². The Hall–Kier alpha value is -2.20. The second-order valence-corrected chi connectivity index (χ2v) is 9.26. The molecular formula is C18H10F28O6. The van der Waals surface area contributed by atoms with Gasteiger partial charge in [-0.3, -0.25) is 18.9 Å². The minimum atomic E-state index is -9.10. The number of rotatable bonds is 16. The Kier molecular flexibility index (Phi) is 13.2. The highest BCUT2D eigenvalue weighted by Crippen LogP contribution is 2.60. The molecule has 34 heteroatoms. The summed E-state index contributed by atoms with van der Waals surface area (Å²) in [5, 5.41) is 8.29. The van der Waals surface area contributed by atoms with Crippen LogP contribution in [0.5, 0.6) is 0 Å². The molecule has 52 heavy (non-hydrogen) atoms. The number of aliphatic hydroxyl groups is 1. The normalized spacial score (nSPS) is 21.1. The first kappa shape index (κ1) is 49.8. The molecular weight excluding hydrogens is 844 g/mol. The van der Waals surface area contributed by atoms with Crippen molar-refractivity contribution < 1.29 is 152 Å². The molecule has 0 saturated carbocycles. The van der Waals surface area contributed by atoms with E-state index >= 15 is 0 Å². The lowest BCUT2D eigenvalue weighted by Crippen LogP contribution is -2.72. The Morgan fingerprint density at radius 1 is 0.365 bits per heavy atom. The van der Waals surface area contributed by atoms with E-state index in [0.29, 0.717) is 0 Å². The molecule has 314 valence electrons. The van der Waals surface area contributed by atoms with Crippen LogP contribution in [0.1, 0.15) is 6.92 Å². The van der Waals surface area contributed by atoms with E-state index in [2.05, 4.69) is 4.74 Å². The molecule has 0 amide bonds. The smallest absolute Gasteiger partial charge is 0.394 e. The molecule has 0 spiro atoms. The molecule has 6 nitrogen and oxygen atoms in total. The van der Waals surface area contributed by atoms with Crippen molar-refractivity contribution in [2.75, 3.05) is 19.8 Å². The second kappa shape index (κ2) is 13.8. The predicted octanol–water partition coefficient (Wildman–Crippen LogP) is 8.64. The van der Waals surface area contributed by atoms with Gasteiger partial charge in [0, 0.05) is 0 Å². The van der Waals surface area contributed by atoms with E-state index in [4.69, 9.17) is 5.11 Å². The summed E-state index contributed by atoms with van der Waals surface area (Å²) in [4.78, 5) is 0. The highest BCUT2D eigenvalue weighted by molar-refractivity contribution is 5.00. The number of ether oxygens (including phenoxy) is 5. The molecule has 0 bridgehead atoms. The number of halogens is 28. The molecule has 1 N–H and O–H groups in total. The van der Waals surface area contributed by atoms with Crippen LogP contribution in [0.25, 0.3) is 0 Å². The minimum absolute atomic E-state index is 1.01. The van der Waals surface area contributed by atoms with Gasteiger partial charge in [-0.2, -0.15) is 119 Å². The predicted molar refractivity (Wildman–Crippen MR) is 97.2 cm³/mol. The van der Waals surface area contributed by atoms with Gasteiger partial charge in [-0.15, -0.1) is 0 Å². The first-order valence-electron chi connectivity index (χ1n) is 11.4. The molecule has 0 heterocycles. The van der Waals surface area contributed by atoms with Gasteiger partial charge in [-0.05, 0) is 6.92 Å². The molecule has 0 aliphatic carbocycles. The van der Waals surface area contributed by atoms with Crippen LogP contribution in [0.15, 0.2) is 0 Å². The number of alkyl halides is 28. The highest BCUT2D eigenvalue weighted by Gasteiger charge is 2.89. The lowest BCUT2D eigenvalue weighted by molar-refractivity contribution is -0.591. The van der Waals surface area contributed by atoms with Crippen molar-refractivity contribution in [1.29, 1.82) is 0 Å². The Bertz CT molecular complexity index is 1200. The fourth-order valence-electron chi connectivity index (χ4n) is 2.47. The molecule has 0 aromatic heterocycles. The molecule has 0 fully saturated rings. The summed E-state index contributed by atoms with van der Waals surface area (Å²) >= 11 is 0. The van der Waals surface area contributed by atoms with Crippen molar-refractivity contribution in [2.45, 2.75) is 91.3 Å². The first-order valence-corrected chi connectivity index (χ1v) is 11.4. The summed E-state index contributed by atoms with van der Waals surface area (Å²) < 4.78 is 386. The second-order valence-electron chi connectivity index (χ2n) is 9.26. The first-order chi connectivity index (χ1) is 22.1. The van der Waals surface area contributed by atoms with E-state index in [1.165, 1.54) is 4.74 Å². The Balaban J connectivity index is 7.61. The van der Waals surface area contributed by atoms with E-state index in [1.807, 2.05) is 0 Å². The van der Waals surface area contributed by atoms with Crippen LogP contribution in [0.2, 0.25) is 0 Å². The maximum Gasteiger partial charge on any atom is 0.458 e. The zero-order chi connectivity index (χ0) is 42.7. The van der Waals surface area contributed by atoms with Crippen molar-refractivity contribution in [2.24, 2.45) is 0 Å². The van der Waals surface area contributed by atoms with Crippen LogP contribution < -0.4 is 0 Å². The highest BCUT2D eigenvalue weighted by atomic mass is 19.4. The van der Waals surface area contributed by atoms with Gasteiger partial charge in [0.1, 0.15) is 6.61 Å². The summed E-state index contributed by atoms with van der Waals surface area (Å²) in [5.74, 6) is -33.3. The van der Waals surface area contributed by atoms with Crippen molar-refractivity contribution in [3.8, 4) is 0 Å². The van der Waals surface area contributed by atoms with Crippen LogP contribution >= 0.6 is 0 Å². The molecule has 0 saturated heterocycles. The van der Waals surface area contributed by atoms with Gasteiger partial charge in [-0.25, -0.2) is 4.39 Å². The lowest BCUT2D eigenvalue weighted by atomic mass is 10.1. The summed E-state index contributed by atoms with van der Waals surface area (Å²) in [5.41, 5.74) is -6.90. The summed E-state index contributed by atoms with van der Waals surface area (Å²) in [6.07, 6.45) is -74.8. The van der Waals surface area contributed by atoms with Gasteiger partial charge in [0.2, 0.25) is 0 Å². The third-order valence-corrected chi connectivity index (χ3v) is 5.34. The van der Waals surface area contributed by atoms with Crippen LogP contribution in [-0.4, -0.2) is 109 Å². The molecule has 0 aromatic rings. The van der Waals surface area contributed by atoms with Gasteiger partial charge in [0.05, 0.1) is 13.2 Å². The van der Waals surface area contributed by atoms with Gasteiger partial charge in [-0.1, -0.05) is 0 Å². The Morgan fingerprint density at radius 3 is 0.865 bits per heavy atom. The Labute approximate surface area is 264 Å². The molecule has 0 aliphatic rings. The van der Waals surface area contributed by atoms with E-state index in [1.54, 1.807) is 4.74 Å². The maximum absolute atomic E-state index is 14.5. The molecule has 5 unspecified atom stereocenters. The van der Waals surface area contributed by atoms with Crippen LogP contribution in [0.4, 0.5) is 123 Å².